The van der Waals surface area contributed by atoms with Crippen molar-refractivity contribution in [2.45, 2.75) is 52.4 Å². The highest BCUT2D eigenvalue weighted by molar-refractivity contribution is 6.30. The molecule has 0 spiro atoms. The summed E-state index contributed by atoms with van der Waals surface area (Å²) in [4.78, 5) is 4.95. The Labute approximate surface area is 431 Å². The summed E-state index contributed by atoms with van der Waals surface area (Å²) < 4.78 is 13.9. The Morgan fingerprint density at radius 2 is 0.851 bits per heavy atom. The van der Waals surface area contributed by atoms with E-state index in [-0.39, 0.29) is 11.8 Å². The molecule has 2 aromatic heterocycles. The van der Waals surface area contributed by atoms with Gasteiger partial charge < -0.3 is 18.6 Å². The molecule has 0 amide bonds. The summed E-state index contributed by atoms with van der Waals surface area (Å²) in [6, 6.07) is 75.6. The zero-order valence-electron chi connectivity index (χ0n) is 42.1. The first-order valence-electron chi connectivity index (χ1n) is 26.2. The molecule has 0 N–H and O–H groups in total. The Bertz CT molecular complexity index is 4330. The zero-order valence-corrected chi connectivity index (χ0v) is 42.1. The predicted molar refractivity (Wildman–Crippen MR) is 313 cm³/mol. The van der Waals surface area contributed by atoms with E-state index in [1.807, 2.05) is 0 Å². The van der Waals surface area contributed by atoms with E-state index < -0.39 is 0 Å². The van der Waals surface area contributed by atoms with Crippen molar-refractivity contribution < 1.29 is 8.83 Å². The number of furan rings is 2. The van der Waals surface area contributed by atoms with Gasteiger partial charge in [0.05, 0.1) is 22.7 Å². The van der Waals surface area contributed by atoms with Crippen LogP contribution < -0.4 is 9.80 Å². The maximum absolute atomic E-state index is 7.01. The number of allylic oxidation sites excluding steroid dienone is 1. The van der Waals surface area contributed by atoms with Crippen LogP contribution >= 0.6 is 0 Å². The van der Waals surface area contributed by atoms with Gasteiger partial charge in [-0.1, -0.05) is 192 Å². The topological polar surface area (TPSA) is 32.8 Å². The quantitative estimate of drug-likeness (QED) is 0.128. The molecule has 13 aromatic rings. The highest BCUT2D eigenvalue weighted by Gasteiger charge is 2.29. The Morgan fingerprint density at radius 3 is 1.42 bits per heavy atom. The molecule has 0 saturated heterocycles. The summed E-state index contributed by atoms with van der Waals surface area (Å²) in [6.07, 6.45) is 6.39. The van der Waals surface area contributed by atoms with Gasteiger partial charge in [0.1, 0.15) is 11.3 Å². The second kappa shape index (κ2) is 17.4. The molecule has 0 radical (unpaired) electrons. The van der Waals surface area contributed by atoms with E-state index in [9.17, 15) is 0 Å². The van der Waals surface area contributed by atoms with Gasteiger partial charge in [-0.05, 0) is 128 Å². The molecule has 356 valence electrons. The fraction of sp³-hybridized carbons (Fsp3) is 0.114. The highest BCUT2D eigenvalue weighted by Crippen LogP contribution is 2.53. The van der Waals surface area contributed by atoms with E-state index in [1.54, 1.807) is 0 Å². The van der Waals surface area contributed by atoms with E-state index in [0.717, 1.165) is 96.8 Å². The largest absolute Gasteiger partial charge is 0.458 e. The van der Waals surface area contributed by atoms with Crippen molar-refractivity contribution in [2.24, 2.45) is 0 Å². The molecule has 74 heavy (non-hydrogen) atoms. The number of hydrogen-bond acceptors (Lipinski definition) is 4. The molecule has 4 heteroatoms. The smallest absolute Gasteiger partial charge is 0.159 e. The molecule has 0 saturated carbocycles. The SMILES string of the molecule is CC(C)c1cc(N(c2cccc(-c3ccccc3)c2)c2cccc3c4c(oc23)CCC=C4)c2ccc3c(C(C)C)cc(N(c4cccc(-c5ccccc5)c4)c4cccc5c4oc4ccccc45)c4ccc1c2c34. The van der Waals surface area contributed by atoms with Gasteiger partial charge in [0, 0.05) is 50.3 Å². The molecule has 0 unspecified atom stereocenters. The number of para-hydroxylation sites is 3. The van der Waals surface area contributed by atoms with Gasteiger partial charge in [-0.15, -0.1) is 0 Å². The van der Waals surface area contributed by atoms with Crippen LogP contribution in [0.25, 0.3) is 93.6 Å². The third-order valence-corrected chi connectivity index (χ3v) is 15.6. The van der Waals surface area contributed by atoms with E-state index in [2.05, 4.69) is 256 Å². The highest BCUT2D eigenvalue weighted by atomic mass is 16.3. The maximum Gasteiger partial charge on any atom is 0.159 e. The third kappa shape index (κ3) is 6.96. The van der Waals surface area contributed by atoms with E-state index in [4.69, 9.17) is 8.83 Å². The lowest BCUT2D eigenvalue weighted by Crippen LogP contribution is -2.13. The van der Waals surface area contributed by atoms with Gasteiger partial charge in [-0.25, -0.2) is 0 Å². The molecule has 0 bridgehead atoms. The molecule has 4 nitrogen and oxygen atoms in total. The van der Waals surface area contributed by atoms with Gasteiger partial charge in [0.15, 0.2) is 11.2 Å². The lowest BCUT2D eigenvalue weighted by Gasteiger charge is -2.31. The van der Waals surface area contributed by atoms with Crippen LogP contribution in [0.2, 0.25) is 0 Å². The zero-order chi connectivity index (χ0) is 49.6. The minimum Gasteiger partial charge on any atom is -0.458 e. The molecule has 2 heterocycles. The van der Waals surface area contributed by atoms with Crippen molar-refractivity contribution in [2.75, 3.05) is 9.80 Å². The maximum atomic E-state index is 7.01. The molecule has 11 aromatic carbocycles. The average Bonchev–Trinajstić information content (AvgIpc) is 4.05. The van der Waals surface area contributed by atoms with Gasteiger partial charge in [-0.2, -0.15) is 0 Å². The fourth-order valence-electron chi connectivity index (χ4n) is 12.1. The van der Waals surface area contributed by atoms with Gasteiger partial charge in [0.2, 0.25) is 0 Å². The molecular formula is C70H54N2O2. The van der Waals surface area contributed by atoms with E-state index in [0.29, 0.717) is 0 Å². The van der Waals surface area contributed by atoms with Crippen molar-refractivity contribution in [3.63, 3.8) is 0 Å². The molecule has 1 aliphatic carbocycles. The number of nitrogens with zero attached hydrogens (tertiary/aromatic N) is 2. The van der Waals surface area contributed by atoms with Crippen molar-refractivity contribution in [1.82, 2.24) is 0 Å². The van der Waals surface area contributed by atoms with Crippen LogP contribution in [0.1, 0.15) is 68.4 Å². The van der Waals surface area contributed by atoms with Crippen LogP contribution in [-0.2, 0) is 6.42 Å². The van der Waals surface area contributed by atoms with Crippen molar-refractivity contribution in [3.8, 4) is 22.3 Å². The summed E-state index contributed by atoms with van der Waals surface area (Å²) in [5, 5.41) is 10.8. The van der Waals surface area contributed by atoms with E-state index in [1.165, 1.54) is 60.1 Å². The number of anilines is 6. The third-order valence-electron chi connectivity index (χ3n) is 15.6. The number of aryl methyl sites for hydroxylation is 1. The predicted octanol–water partition coefficient (Wildman–Crippen LogP) is 20.7. The van der Waals surface area contributed by atoms with Crippen LogP contribution in [-0.4, -0.2) is 0 Å². The second-order valence-corrected chi connectivity index (χ2v) is 20.6. The monoisotopic (exact) mass is 954 g/mol. The molecule has 0 fully saturated rings. The molecule has 0 atom stereocenters. The average molecular weight is 955 g/mol. The number of fused-ring (bicyclic) bond motifs is 6. The van der Waals surface area contributed by atoms with Crippen molar-refractivity contribution >= 4 is 105 Å². The summed E-state index contributed by atoms with van der Waals surface area (Å²) in [5.41, 5.74) is 17.5. The van der Waals surface area contributed by atoms with E-state index >= 15 is 0 Å². The second-order valence-electron chi connectivity index (χ2n) is 20.6. The fourth-order valence-corrected chi connectivity index (χ4v) is 12.1. The Kier molecular flexibility index (Phi) is 10.3. The standard InChI is InChI=1S/C70H54N2O2/c1-43(2)59-41-63(71(49-25-15-23-47(39-49)45-19-7-5-8-20-45)61-31-17-29-55-51-27-11-13-33-65(51)73-69(55)61)57-38-36-54-60(44(3)4)42-64(58-37-35-53(59)67(57)68(54)58)72(50-26-16-24-48(40-50)46-21-9-6-10-22-46)62-32-18-30-56-52-28-12-14-34-66(52)74-70(56)62/h5-13,15-33,35-44H,14,34H2,1-4H3. The van der Waals surface area contributed by atoms with Gasteiger partial charge in [0.25, 0.3) is 0 Å². The Morgan fingerprint density at radius 1 is 0.378 bits per heavy atom. The van der Waals surface area contributed by atoms with Crippen LogP contribution in [0.3, 0.4) is 0 Å². The summed E-state index contributed by atoms with van der Waals surface area (Å²) in [7, 11) is 0. The molecule has 14 rings (SSSR count). The minimum atomic E-state index is 0.218. The molecule has 1 aliphatic rings. The van der Waals surface area contributed by atoms with Crippen LogP contribution in [0.5, 0.6) is 0 Å². The first-order chi connectivity index (χ1) is 36.4. The minimum absolute atomic E-state index is 0.218. The number of hydrogen-bond donors (Lipinski definition) is 0. The number of rotatable bonds is 10. The Balaban J connectivity index is 1.09. The normalized spacial score (nSPS) is 12.7. The first-order valence-corrected chi connectivity index (χ1v) is 26.2. The lowest BCUT2D eigenvalue weighted by molar-refractivity contribution is 0.546. The molecular weight excluding hydrogens is 901 g/mol. The van der Waals surface area contributed by atoms with Crippen LogP contribution in [0, 0.1) is 0 Å². The van der Waals surface area contributed by atoms with Crippen LogP contribution in [0.15, 0.2) is 221 Å². The van der Waals surface area contributed by atoms with Crippen LogP contribution in [0.4, 0.5) is 34.1 Å². The number of benzene rings is 11. The lowest BCUT2D eigenvalue weighted by atomic mass is 9.84. The van der Waals surface area contributed by atoms with Crippen molar-refractivity contribution in [1.29, 1.82) is 0 Å². The molecule has 0 aliphatic heterocycles. The Hall–Kier alpha value is -8.86. The summed E-state index contributed by atoms with van der Waals surface area (Å²) in [6.45, 7) is 9.34. The summed E-state index contributed by atoms with van der Waals surface area (Å²) in [5.74, 6) is 1.49. The first kappa shape index (κ1) is 43.9. The van der Waals surface area contributed by atoms with Crippen molar-refractivity contribution in [3.05, 3.63) is 235 Å². The van der Waals surface area contributed by atoms with Gasteiger partial charge in [-0.3, -0.25) is 0 Å². The van der Waals surface area contributed by atoms with Gasteiger partial charge >= 0.3 is 0 Å². The summed E-state index contributed by atoms with van der Waals surface area (Å²) >= 11 is 0.